The molecule has 1 heteroatoms. The summed E-state index contributed by atoms with van der Waals surface area (Å²) in [6, 6.07) is 0. The van der Waals surface area contributed by atoms with Crippen molar-refractivity contribution in [2.24, 2.45) is 0 Å². The van der Waals surface area contributed by atoms with Gasteiger partial charge < -0.3 is 4.74 Å². The van der Waals surface area contributed by atoms with Crippen molar-refractivity contribution in [2.45, 2.75) is 19.4 Å². The molecule has 0 amide bonds. The second kappa shape index (κ2) is 2.12. The standard InChI is InChI=1S/C6H10O/c1-2-3-4-6-5-7-6/h3-4,6H,2,5H2,1H3/b4-3+. The molecule has 0 aliphatic carbocycles. The summed E-state index contributed by atoms with van der Waals surface area (Å²) >= 11 is 0. The van der Waals surface area contributed by atoms with Crippen LogP contribution in [-0.2, 0) is 4.74 Å². The molecule has 0 aromatic carbocycles. The number of hydrogen-bond donors (Lipinski definition) is 0. The molecule has 1 nitrogen and oxygen atoms in total. The average molecular weight is 98.1 g/mol. The van der Waals surface area contributed by atoms with Crippen molar-refractivity contribution in [2.75, 3.05) is 6.61 Å². The number of epoxide rings is 1. The first-order valence-electron chi connectivity index (χ1n) is 2.71. The summed E-state index contributed by atoms with van der Waals surface area (Å²) in [4.78, 5) is 0. The minimum absolute atomic E-state index is 0.472. The Morgan fingerprint density at radius 3 is 3.00 bits per heavy atom. The number of ether oxygens (including phenoxy) is 1. The normalized spacial score (nSPS) is 29.0. The molecule has 1 rings (SSSR count). The topological polar surface area (TPSA) is 12.5 Å². The van der Waals surface area contributed by atoms with E-state index in [2.05, 4.69) is 19.1 Å². The third-order valence-corrected chi connectivity index (χ3v) is 0.946. The molecule has 1 aliphatic heterocycles. The van der Waals surface area contributed by atoms with Gasteiger partial charge >= 0.3 is 0 Å². The largest absolute Gasteiger partial charge is 0.369 e. The third kappa shape index (κ3) is 1.74. The van der Waals surface area contributed by atoms with Crippen LogP contribution >= 0.6 is 0 Å². The molecule has 40 valence electrons. The Labute approximate surface area is 44.0 Å². The lowest BCUT2D eigenvalue weighted by Gasteiger charge is -1.73. The highest BCUT2D eigenvalue weighted by atomic mass is 16.6. The molecule has 0 saturated carbocycles. The van der Waals surface area contributed by atoms with Crippen LogP contribution in [0.4, 0.5) is 0 Å². The predicted molar refractivity (Wildman–Crippen MR) is 29.2 cm³/mol. The van der Waals surface area contributed by atoms with Gasteiger partial charge in [0.05, 0.1) is 12.7 Å². The minimum atomic E-state index is 0.472. The SMILES string of the molecule is CC/C=C/C1CO1. The molecule has 1 fully saturated rings. The second-order valence-corrected chi connectivity index (χ2v) is 1.71. The van der Waals surface area contributed by atoms with Gasteiger partial charge in [-0.05, 0) is 6.42 Å². The van der Waals surface area contributed by atoms with E-state index in [1.807, 2.05) is 0 Å². The molecule has 0 aromatic heterocycles. The second-order valence-electron chi connectivity index (χ2n) is 1.71. The molecule has 1 unspecified atom stereocenters. The highest BCUT2D eigenvalue weighted by molar-refractivity contribution is 4.94. The summed E-state index contributed by atoms with van der Waals surface area (Å²) in [6.45, 7) is 3.06. The Balaban J connectivity index is 2.05. The van der Waals surface area contributed by atoms with E-state index in [-0.39, 0.29) is 0 Å². The van der Waals surface area contributed by atoms with Crippen molar-refractivity contribution < 1.29 is 4.74 Å². The molecule has 1 heterocycles. The van der Waals surface area contributed by atoms with Crippen LogP contribution in [0.3, 0.4) is 0 Å². The van der Waals surface area contributed by atoms with Gasteiger partial charge in [-0.3, -0.25) is 0 Å². The van der Waals surface area contributed by atoms with Crippen LogP contribution in [0.5, 0.6) is 0 Å². The Kier molecular flexibility index (Phi) is 1.47. The first-order chi connectivity index (χ1) is 3.43. The van der Waals surface area contributed by atoms with Gasteiger partial charge in [-0.25, -0.2) is 0 Å². The van der Waals surface area contributed by atoms with Crippen molar-refractivity contribution >= 4 is 0 Å². The van der Waals surface area contributed by atoms with E-state index in [0.717, 1.165) is 13.0 Å². The molecule has 0 N–H and O–H groups in total. The molecule has 1 aliphatic rings. The predicted octanol–water partition coefficient (Wildman–Crippen LogP) is 1.35. The molecular weight excluding hydrogens is 88.1 g/mol. The lowest BCUT2D eigenvalue weighted by Crippen LogP contribution is -1.70. The highest BCUT2D eigenvalue weighted by Crippen LogP contribution is 2.09. The van der Waals surface area contributed by atoms with E-state index < -0.39 is 0 Å². The zero-order chi connectivity index (χ0) is 5.11. The summed E-state index contributed by atoms with van der Waals surface area (Å²) in [5.41, 5.74) is 0. The highest BCUT2D eigenvalue weighted by Gasteiger charge is 2.17. The molecule has 0 radical (unpaired) electrons. The van der Waals surface area contributed by atoms with Crippen molar-refractivity contribution in [3.05, 3.63) is 12.2 Å². The van der Waals surface area contributed by atoms with Gasteiger partial charge in [0.2, 0.25) is 0 Å². The van der Waals surface area contributed by atoms with Crippen LogP contribution in [0.15, 0.2) is 12.2 Å². The third-order valence-electron chi connectivity index (χ3n) is 0.946. The van der Waals surface area contributed by atoms with Crippen molar-refractivity contribution in [1.82, 2.24) is 0 Å². The lowest BCUT2D eigenvalue weighted by molar-refractivity contribution is 0.440. The van der Waals surface area contributed by atoms with Crippen LogP contribution in [0, 0.1) is 0 Å². The van der Waals surface area contributed by atoms with Gasteiger partial charge in [-0.2, -0.15) is 0 Å². The number of hydrogen-bond acceptors (Lipinski definition) is 1. The summed E-state index contributed by atoms with van der Waals surface area (Å²) in [7, 11) is 0. The van der Waals surface area contributed by atoms with E-state index in [9.17, 15) is 0 Å². The average Bonchev–Trinajstić information content (AvgIpc) is 2.42. The van der Waals surface area contributed by atoms with E-state index in [0.29, 0.717) is 6.10 Å². The van der Waals surface area contributed by atoms with E-state index in [1.54, 1.807) is 0 Å². The van der Waals surface area contributed by atoms with Gasteiger partial charge in [0.25, 0.3) is 0 Å². The van der Waals surface area contributed by atoms with Gasteiger partial charge in [-0.15, -0.1) is 0 Å². The smallest absolute Gasteiger partial charge is 0.0991 e. The van der Waals surface area contributed by atoms with E-state index in [1.165, 1.54) is 0 Å². The first kappa shape index (κ1) is 4.85. The summed E-state index contributed by atoms with van der Waals surface area (Å²) < 4.78 is 4.92. The maximum absolute atomic E-state index is 4.92. The van der Waals surface area contributed by atoms with E-state index >= 15 is 0 Å². The van der Waals surface area contributed by atoms with Crippen LogP contribution in [-0.4, -0.2) is 12.7 Å². The molecular formula is C6H10O. The Hall–Kier alpha value is -0.300. The molecule has 1 atom stereocenters. The quantitative estimate of drug-likeness (QED) is 0.375. The van der Waals surface area contributed by atoms with Gasteiger partial charge in [0.15, 0.2) is 0 Å². The zero-order valence-electron chi connectivity index (χ0n) is 4.55. The van der Waals surface area contributed by atoms with Crippen LogP contribution in [0.2, 0.25) is 0 Å². The van der Waals surface area contributed by atoms with Gasteiger partial charge in [0.1, 0.15) is 0 Å². The van der Waals surface area contributed by atoms with Gasteiger partial charge in [0, 0.05) is 0 Å². The Bertz CT molecular complexity index is 72.2. The van der Waals surface area contributed by atoms with Crippen molar-refractivity contribution in [1.29, 1.82) is 0 Å². The number of rotatable bonds is 2. The Morgan fingerprint density at radius 2 is 2.57 bits per heavy atom. The minimum Gasteiger partial charge on any atom is -0.369 e. The molecule has 0 bridgehead atoms. The summed E-state index contributed by atoms with van der Waals surface area (Å²) in [5.74, 6) is 0. The van der Waals surface area contributed by atoms with Crippen LogP contribution in [0.25, 0.3) is 0 Å². The van der Waals surface area contributed by atoms with Crippen molar-refractivity contribution in [3.8, 4) is 0 Å². The summed E-state index contributed by atoms with van der Waals surface area (Å²) in [5, 5.41) is 0. The fourth-order valence-electron chi connectivity index (χ4n) is 0.455. The fraction of sp³-hybridized carbons (Fsp3) is 0.667. The first-order valence-corrected chi connectivity index (χ1v) is 2.71. The molecule has 7 heavy (non-hydrogen) atoms. The van der Waals surface area contributed by atoms with Crippen LogP contribution < -0.4 is 0 Å². The number of allylic oxidation sites excluding steroid dienone is 1. The maximum atomic E-state index is 4.92. The summed E-state index contributed by atoms with van der Waals surface area (Å²) in [6.07, 6.45) is 5.84. The maximum Gasteiger partial charge on any atom is 0.0991 e. The fourth-order valence-corrected chi connectivity index (χ4v) is 0.455. The van der Waals surface area contributed by atoms with Crippen LogP contribution in [0.1, 0.15) is 13.3 Å². The van der Waals surface area contributed by atoms with Crippen molar-refractivity contribution in [3.63, 3.8) is 0 Å². The van der Waals surface area contributed by atoms with Gasteiger partial charge in [-0.1, -0.05) is 19.1 Å². The lowest BCUT2D eigenvalue weighted by atomic mass is 10.3. The molecule has 0 aromatic rings. The zero-order valence-corrected chi connectivity index (χ0v) is 4.55. The Morgan fingerprint density at radius 1 is 1.86 bits per heavy atom. The molecule has 1 saturated heterocycles. The molecule has 0 spiro atoms. The monoisotopic (exact) mass is 98.1 g/mol. The van der Waals surface area contributed by atoms with E-state index in [4.69, 9.17) is 4.74 Å².